The van der Waals surface area contributed by atoms with Crippen LogP contribution in [0.4, 0.5) is 23.2 Å². The van der Waals surface area contributed by atoms with Crippen LogP contribution in [0.25, 0.3) is 0 Å². The summed E-state index contributed by atoms with van der Waals surface area (Å²) < 4.78 is 78.7. The van der Waals surface area contributed by atoms with Gasteiger partial charge in [-0.2, -0.15) is 13.2 Å². The van der Waals surface area contributed by atoms with E-state index >= 15 is 0 Å². The molecule has 0 aliphatic carbocycles. The topological polar surface area (TPSA) is 72.5 Å². The molecule has 0 unspecified atom stereocenters. The van der Waals surface area contributed by atoms with E-state index < -0.39 is 32.0 Å². The summed E-state index contributed by atoms with van der Waals surface area (Å²) in [6.45, 7) is 0. The maximum Gasteiger partial charge on any atom is 0.501 e. The van der Waals surface area contributed by atoms with Crippen LogP contribution in [0.3, 0.4) is 0 Å². The Morgan fingerprint density at radius 1 is 1.08 bits per heavy atom. The predicted molar refractivity (Wildman–Crippen MR) is 80.6 cm³/mol. The zero-order valence-corrected chi connectivity index (χ0v) is 13.4. The van der Waals surface area contributed by atoms with Gasteiger partial charge in [0.1, 0.15) is 11.6 Å². The molecule has 10 heteroatoms. The Balaban J connectivity index is 2.41. The number of rotatable bonds is 4. The number of hydrogen-bond acceptors (Lipinski definition) is 4. The van der Waals surface area contributed by atoms with Gasteiger partial charge in [0.25, 0.3) is 15.7 Å². The smallest absolute Gasteiger partial charge is 0.495 e. The Labute approximate surface area is 140 Å². The summed E-state index contributed by atoms with van der Waals surface area (Å²) in [7, 11) is -4.39. The second-order valence-corrected chi connectivity index (χ2v) is 6.71. The Morgan fingerprint density at radius 3 is 2.20 bits per heavy atom. The van der Waals surface area contributed by atoms with Crippen molar-refractivity contribution in [1.29, 1.82) is 0 Å². The molecule has 1 N–H and O–H groups in total. The molecule has 134 valence electrons. The van der Waals surface area contributed by atoms with Crippen molar-refractivity contribution in [3.8, 4) is 5.75 Å². The molecule has 2 aromatic rings. The summed E-state index contributed by atoms with van der Waals surface area (Å²) >= 11 is 0. The molecule has 25 heavy (non-hydrogen) atoms. The van der Waals surface area contributed by atoms with E-state index in [2.05, 4.69) is 5.32 Å². The van der Waals surface area contributed by atoms with Crippen LogP contribution >= 0.6 is 0 Å². The minimum absolute atomic E-state index is 0.0209. The van der Waals surface area contributed by atoms with Gasteiger partial charge in [0.15, 0.2) is 0 Å². The molecule has 0 atom stereocenters. The van der Waals surface area contributed by atoms with Gasteiger partial charge >= 0.3 is 5.51 Å². The van der Waals surface area contributed by atoms with Crippen molar-refractivity contribution in [3.63, 3.8) is 0 Å². The van der Waals surface area contributed by atoms with Crippen LogP contribution in [0.5, 0.6) is 5.75 Å². The van der Waals surface area contributed by atoms with E-state index in [4.69, 9.17) is 4.74 Å². The van der Waals surface area contributed by atoms with E-state index in [1.807, 2.05) is 0 Å². The second kappa shape index (κ2) is 6.71. The standard InChI is InChI=1S/C15H11F4NO4S/c1-24-13-7-6-11(25(22,23)15(17,18)19)8-12(13)20-14(21)9-2-4-10(16)5-3-9/h2-8H,1H3,(H,20,21). The number of alkyl halides is 3. The number of hydrogen-bond donors (Lipinski definition) is 1. The molecule has 0 heterocycles. The van der Waals surface area contributed by atoms with Gasteiger partial charge in [-0.1, -0.05) is 0 Å². The highest BCUT2D eigenvalue weighted by Gasteiger charge is 2.47. The first-order valence-electron chi connectivity index (χ1n) is 6.62. The van der Waals surface area contributed by atoms with Crippen LogP contribution in [0.2, 0.25) is 0 Å². The molecular formula is C15H11F4NO4S. The highest BCUT2D eigenvalue weighted by molar-refractivity contribution is 7.92. The molecule has 2 rings (SSSR count). The molecule has 0 spiro atoms. The van der Waals surface area contributed by atoms with Crippen molar-refractivity contribution < 1.29 is 35.5 Å². The van der Waals surface area contributed by atoms with Crippen molar-refractivity contribution in [2.24, 2.45) is 0 Å². The summed E-state index contributed by atoms with van der Waals surface area (Å²) in [6, 6.07) is 6.71. The summed E-state index contributed by atoms with van der Waals surface area (Å²) in [5, 5.41) is 2.24. The van der Waals surface area contributed by atoms with E-state index in [1.54, 1.807) is 0 Å². The molecule has 0 radical (unpaired) electrons. The van der Waals surface area contributed by atoms with Crippen molar-refractivity contribution in [3.05, 3.63) is 53.8 Å². The molecule has 0 aliphatic rings. The fourth-order valence-corrected chi connectivity index (χ4v) is 2.67. The molecular weight excluding hydrogens is 366 g/mol. The monoisotopic (exact) mass is 377 g/mol. The van der Waals surface area contributed by atoms with E-state index in [0.717, 1.165) is 36.4 Å². The molecule has 1 amide bonds. The minimum atomic E-state index is -5.59. The maximum absolute atomic E-state index is 12.9. The summed E-state index contributed by atoms with van der Waals surface area (Å²) in [4.78, 5) is 11.0. The third-order valence-electron chi connectivity index (χ3n) is 3.14. The highest BCUT2D eigenvalue weighted by atomic mass is 32.2. The lowest BCUT2D eigenvalue weighted by atomic mass is 10.2. The molecule has 0 bridgehead atoms. The largest absolute Gasteiger partial charge is 0.501 e. The number of amides is 1. The third-order valence-corrected chi connectivity index (χ3v) is 4.62. The van der Waals surface area contributed by atoms with Gasteiger partial charge in [-0.25, -0.2) is 12.8 Å². The molecule has 0 fully saturated rings. The second-order valence-electron chi connectivity index (χ2n) is 4.77. The number of carbonyl (C=O) groups is 1. The number of methoxy groups -OCH3 is 1. The zero-order chi connectivity index (χ0) is 18.8. The number of halogens is 4. The van der Waals surface area contributed by atoms with E-state index in [0.29, 0.717) is 6.07 Å². The number of anilines is 1. The molecule has 0 saturated heterocycles. The SMILES string of the molecule is COc1ccc(S(=O)(=O)C(F)(F)F)cc1NC(=O)c1ccc(F)cc1. The number of ether oxygens (including phenoxy) is 1. The first kappa shape index (κ1) is 18.7. The van der Waals surface area contributed by atoms with Gasteiger partial charge in [0.05, 0.1) is 17.7 Å². The zero-order valence-electron chi connectivity index (χ0n) is 12.6. The summed E-state index contributed by atoms with van der Waals surface area (Å²) in [5.41, 5.74) is -5.74. The van der Waals surface area contributed by atoms with Crippen molar-refractivity contribution in [1.82, 2.24) is 0 Å². The van der Waals surface area contributed by atoms with Crippen LogP contribution in [0.15, 0.2) is 47.4 Å². The normalized spacial score (nSPS) is 11.9. The maximum atomic E-state index is 12.9. The van der Waals surface area contributed by atoms with Gasteiger partial charge in [0.2, 0.25) is 0 Å². The van der Waals surface area contributed by atoms with Crippen LogP contribution in [0, 0.1) is 5.82 Å². The quantitative estimate of drug-likeness (QED) is 0.830. The minimum Gasteiger partial charge on any atom is -0.495 e. The number of sulfone groups is 1. The van der Waals surface area contributed by atoms with Crippen molar-refractivity contribution in [2.75, 3.05) is 12.4 Å². The van der Waals surface area contributed by atoms with Crippen LogP contribution in [0.1, 0.15) is 10.4 Å². The lowest BCUT2D eigenvalue weighted by Gasteiger charge is -2.13. The van der Waals surface area contributed by atoms with Gasteiger partial charge < -0.3 is 10.1 Å². The average molecular weight is 377 g/mol. The van der Waals surface area contributed by atoms with Crippen LogP contribution in [-0.4, -0.2) is 26.9 Å². The van der Waals surface area contributed by atoms with Gasteiger partial charge in [-0.05, 0) is 42.5 Å². The Morgan fingerprint density at radius 2 is 1.68 bits per heavy atom. The lowest BCUT2D eigenvalue weighted by molar-refractivity contribution is -0.0436. The van der Waals surface area contributed by atoms with Gasteiger partial charge in [-0.15, -0.1) is 0 Å². The van der Waals surface area contributed by atoms with Gasteiger partial charge in [0, 0.05) is 5.56 Å². The first-order chi connectivity index (χ1) is 11.6. The first-order valence-corrected chi connectivity index (χ1v) is 8.11. The molecule has 0 aliphatic heterocycles. The molecule has 2 aromatic carbocycles. The predicted octanol–water partition coefficient (Wildman–Crippen LogP) is 3.38. The van der Waals surface area contributed by atoms with E-state index in [-0.39, 0.29) is 17.0 Å². The molecule has 0 aromatic heterocycles. The Hall–Kier alpha value is -2.62. The molecule has 5 nitrogen and oxygen atoms in total. The average Bonchev–Trinajstić information content (AvgIpc) is 2.54. The Bertz CT molecular complexity index is 893. The van der Waals surface area contributed by atoms with E-state index in [1.165, 1.54) is 7.11 Å². The highest BCUT2D eigenvalue weighted by Crippen LogP contribution is 2.34. The summed E-state index contributed by atoms with van der Waals surface area (Å²) in [6.07, 6.45) is 0. The third kappa shape index (κ3) is 3.90. The van der Waals surface area contributed by atoms with Crippen molar-refractivity contribution >= 4 is 21.4 Å². The fourth-order valence-electron chi connectivity index (χ4n) is 1.88. The fraction of sp³-hybridized carbons (Fsp3) is 0.133. The lowest BCUT2D eigenvalue weighted by Crippen LogP contribution is -2.23. The van der Waals surface area contributed by atoms with Gasteiger partial charge in [-0.3, -0.25) is 4.79 Å². The number of nitrogens with one attached hydrogen (secondary N) is 1. The van der Waals surface area contributed by atoms with Crippen LogP contribution < -0.4 is 10.1 Å². The Kier molecular flexibility index (Phi) is 5.02. The summed E-state index contributed by atoms with van der Waals surface area (Å²) in [5.74, 6) is -1.40. The number of benzene rings is 2. The number of carbonyl (C=O) groups excluding carboxylic acids is 1. The van der Waals surface area contributed by atoms with E-state index in [9.17, 15) is 30.8 Å². The van der Waals surface area contributed by atoms with Crippen molar-refractivity contribution in [2.45, 2.75) is 10.4 Å². The molecule has 0 saturated carbocycles. The van der Waals surface area contributed by atoms with Crippen LogP contribution in [-0.2, 0) is 9.84 Å².